The standard InChI is InChI=1S/C22H22N2O2S/c1-16-11-12-18(15-23-27(25,26)19-8-3-2-4-9-19)20(13-16)22-14-17-7-5-6-10-21(17)24-22/h2-6,8-9,11-14,23-24H,7,10,15H2,1H3. The number of aryl methyl sites for hydroxylation is 1. The van der Waals surface area contributed by atoms with Gasteiger partial charge in [-0.15, -0.1) is 0 Å². The van der Waals surface area contributed by atoms with Crippen molar-refractivity contribution in [2.24, 2.45) is 0 Å². The number of hydrogen-bond donors (Lipinski definition) is 2. The summed E-state index contributed by atoms with van der Waals surface area (Å²) < 4.78 is 27.8. The Morgan fingerprint density at radius 3 is 2.56 bits per heavy atom. The SMILES string of the molecule is Cc1ccc(CNS(=O)(=O)c2ccccc2)c(-c2cc3c([nH]2)CC=CC3)c1. The van der Waals surface area contributed by atoms with Gasteiger partial charge in [-0.2, -0.15) is 0 Å². The predicted octanol–water partition coefficient (Wildman–Crippen LogP) is 4.12. The highest BCUT2D eigenvalue weighted by Crippen LogP contribution is 2.29. The van der Waals surface area contributed by atoms with Gasteiger partial charge in [-0.3, -0.25) is 0 Å². The maximum Gasteiger partial charge on any atom is 0.240 e. The van der Waals surface area contributed by atoms with Gasteiger partial charge < -0.3 is 4.98 Å². The average Bonchev–Trinajstić information content (AvgIpc) is 3.12. The first-order valence-corrected chi connectivity index (χ1v) is 10.5. The van der Waals surface area contributed by atoms with Gasteiger partial charge in [-0.1, -0.05) is 48.0 Å². The Morgan fingerprint density at radius 2 is 1.78 bits per heavy atom. The molecule has 0 spiro atoms. The molecule has 27 heavy (non-hydrogen) atoms. The molecular weight excluding hydrogens is 356 g/mol. The molecule has 0 amide bonds. The highest BCUT2D eigenvalue weighted by atomic mass is 32.2. The molecule has 2 aromatic carbocycles. The van der Waals surface area contributed by atoms with Crippen LogP contribution in [-0.4, -0.2) is 13.4 Å². The van der Waals surface area contributed by atoms with E-state index in [4.69, 9.17) is 0 Å². The van der Waals surface area contributed by atoms with Crippen LogP contribution in [0.25, 0.3) is 11.3 Å². The molecule has 0 fully saturated rings. The van der Waals surface area contributed by atoms with Gasteiger partial charge >= 0.3 is 0 Å². The lowest BCUT2D eigenvalue weighted by Crippen LogP contribution is -2.23. The van der Waals surface area contributed by atoms with Crippen LogP contribution in [0.3, 0.4) is 0 Å². The van der Waals surface area contributed by atoms with E-state index in [1.807, 2.05) is 19.1 Å². The summed E-state index contributed by atoms with van der Waals surface area (Å²) in [6.07, 6.45) is 6.21. The zero-order chi connectivity index (χ0) is 18.9. The Balaban J connectivity index is 1.63. The van der Waals surface area contributed by atoms with Crippen molar-refractivity contribution in [3.63, 3.8) is 0 Å². The van der Waals surface area contributed by atoms with Crippen molar-refractivity contribution >= 4 is 10.0 Å². The van der Waals surface area contributed by atoms with E-state index in [0.29, 0.717) is 0 Å². The molecule has 5 heteroatoms. The molecule has 1 aliphatic rings. The topological polar surface area (TPSA) is 62.0 Å². The van der Waals surface area contributed by atoms with Crippen LogP contribution in [0.2, 0.25) is 0 Å². The lowest BCUT2D eigenvalue weighted by atomic mass is 10.0. The minimum Gasteiger partial charge on any atom is -0.358 e. The van der Waals surface area contributed by atoms with E-state index in [1.54, 1.807) is 30.3 Å². The van der Waals surface area contributed by atoms with Crippen LogP contribution in [0.5, 0.6) is 0 Å². The van der Waals surface area contributed by atoms with Crippen molar-refractivity contribution in [1.29, 1.82) is 0 Å². The molecule has 0 unspecified atom stereocenters. The minimum absolute atomic E-state index is 0.245. The number of H-pyrrole nitrogens is 1. The van der Waals surface area contributed by atoms with Crippen LogP contribution in [0, 0.1) is 6.92 Å². The van der Waals surface area contributed by atoms with E-state index in [0.717, 1.165) is 35.2 Å². The molecule has 3 aromatic rings. The van der Waals surface area contributed by atoms with Crippen LogP contribution in [0.4, 0.5) is 0 Å². The zero-order valence-electron chi connectivity index (χ0n) is 15.2. The number of allylic oxidation sites excluding steroid dienone is 2. The summed E-state index contributed by atoms with van der Waals surface area (Å²) in [7, 11) is -3.54. The van der Waals surface area contributed by atoms with Gasteiger partial charge in [0, 0.05) is 29.9 Å². The first-order valence-electron chi connectivity index (χ1n) is 9.03. The Kier molecular flexibility index (Phi) is 4.72. The molecule has 2 N–H and O–H groups in total. The molecule has 0 bridgehead atoms. The average molecular weight is 378 g/mol. The maximum atomic E-state index is 12.6. The number of aromatic nitrogens is 1. The number of rotatable bonds is 5. The maximum absolute atomic E-state index is 12.6. The van der Waals surface area contributed by atoms with Crippen molar-refractivity contribution in [2.45, 2.75) is 31.2 Å². The van der Waals surface area contributed by atoms with Crippen molar-refractivity contribution in [1.82, 2.24) is 9.71 Å². The Labute approximate surface area is 160 Å². The fraction of sp³-hybridized carbons (Fsp3) is 0.182. The summed E-state index contributed by atoms with van der Waals surface area (Å²) in [5.74, 6) is 0. The van der Waals surface area contributed by atoms with Gasteiger partial charge in [0.2, 0.25) is 10.0 Å². The number of aromatic amines is 1. The molecule has 0 aliphatic heterocycles. The molecule has 4 nitrogen and oxygen atoms in total. The number of benzene rings is 2. The summed E-state index contributed by atoms with van der Waals surface area (Å²) in [5, 5.41) is 0. The first-order chi connectivity index (χ1) is 13.0. The second-order valence-electron chi connectivity index (χ2n) is 6.86. The second kappa shape index (κ2) is 7.18. The summed E-state index contributed by atoms with van der Waals surface area (Å²) in [4.78, 5) is 3.80. The van der Waals surface area contributed by atoms with Gasteiger partial charge in [0.25, 0.3) is 0 Å². The van der Waals surface area contributed by atoms with Crippen LogP contribution >= 0.6 is 0 Å². The monoisotopic (exact) mass is 378 g/mol. The van der Waals surface area contributed by atoms with Crippen molar-refractivity contribution in [3.05, 3.63) is 89.1 Å². The Hall–Kier alpha value is -2.63. The molecule has 0 saturated heterocycles. The summed E-state index contributed by atoms with van der Waals surface area (Å²) in [6.45, 7) is 2.29. The lowest BCUT2D eigenvalue weighted by Gasteiger charge is -2.12. The highest BCUT2D eigenvalue weighted by molar-refractivity contribution is 7.89. The molecule has 1 aromatic heterocycles. The predicted molar refractivity (Wildman–Crippen MR) is 108 cm³/mol. The van der Waals surface area contributed by atoms with E-state index in [2.05, 4.69) is 34.0 Å². The van der Waals surface area contributed by atoms with Crippen LogP contribution in [-0.2, 0) is 29.4 Å². The third-order valence-electron chi connectivity index (χ3n) is 4.88. The molecule has 1 heterocycles. The molecular formula is C22H22N2O2S. The smallest absolute Gasteiger partial charge is 0.240 e. The van der Waals surface area contributed by atoms with Gasteiger partial charge in [-0.05, 0) is 48.7 Å². The van der Waals surface area contributed by atoms with Crippen molar-refractivity contribution < 1.29 is 8.42 Å². The summed E-state index contributed by atoms with van der Waals surface area (Å²) >= 11 is 0. The normalized spacial score (nSPS) is 13.5. The fourth-order valence-corrected chi connectivity index (χ4v) is 4.44. The third kappa shape index (κ3) is 3.75. The number of fused-ring (bicyclic) bond motifs is 1. The van der Waals surface area contributed by atoms with Gasteiger partial charge in [0.05, 0.1) is 4.90 Å². The van der Waals surface area contributed by atoms with E-state index < -0.39 is 10.0 Å². The van der Waals surface area contributed by atoms with Crippen molar-refractivity contribution in [3.8, 4) is 11.3 Å². The quantitative estimate of drug-likeness (QED) is 0.656. The lowest BCUT2D eigenvalue weighted by molar-refractivity contribution is 0.581. The number of nitrogens with one attached hydrogen (secondary N) is 2. The van der Waals surface area contributed by atoms with Crippen LogP contribution in [0.15, 0.2) is 71.6 Å². The van der Waals surface area contributed by atoms with Gasteiger partial charge in [-0.25, -0.2) is 13.1 Å². The van der Waals surface area contributed by atoms with E-state index in [1.165, 1.54) is 11.3 Å². The van der Waals surface area contributed by atoms with Gasteiger partial charge in [0.15, 0.2) is 0 Å². The van der Waals surface area contributed by atoms with E-state index in [9.17, 15) is 8.42 Å². The molecule has 0 atom stereocenters. The van der Waals surface area contributed by atoms with E-state index in [-0.39, 0.29) is 11.4 Å². The number of hydrogen-bond acceptors (Lipinski definition) is 2. The molecule has 4 rings (SSSR count). The highest BCUT2D eigenvalue weighted by Gasteiger charge is 2.16. The molecule has 0 radical (unpaired) electrons. The number of sulfonamides is 1. The van der Waals surface area contributed by atoms with Gasteiger partial charge in [0.1, 0.15) is 0 Å². The van der Waals surface area contributed by atoms with Crippen molar-refractivity contribution in [2.75, 3.05) is 0 Å². The van der Waals surface area contributed by atoms with Crippen LogP contribution in [0.1, 0.15) is 22.4 Å². The van der Waals surface area contributed by atoms with E-state index >= 15 is 0 Å². The second-order valence-corrected chi connectivity index (χ2v) is 8.63. The minimum atomic E-state index is -3.54. The summed E-state index contributed by atoms with van der Waals surface area (Å²) in [5.41, 5.74) is 6.73. The van der Waals surface area contributed by atoms with Crippen LogP contribution < -0.4 is 4.72 Å². The molecule has 1 aliphatic carbocycles. The fourth-order valence-electron chi connectivity index (χ4n) is 3.41. The molecule has 0 saturated carbocycles. The Morgan fingerprint density at radius 1 is 1.00 bits per heavy atom. The largest absolute Gasteiger partial charge is 0.358 e. The first kappa shape index (κ1) is 17.8. The molecule has 138 valence electrons. The Bertz CT molecular complexity index is 1070. The third-order valence-corrected chi connectivity index (χ3v) is 6.30. The zero-order valence-corrected chi connectivity index (χ0v) is 16.0. The summed E-state index contributed by atoms with van der Waals surface area (Å²) in [6, 6.07) is 16.8.